The Morgan fingerprint density at radius 1 is 1.53 bits per heavy atom. The quantitative estimate of drug-likeness (QED) is 0.715. The Balaban J connectivity index is 1.94. The number of anilines is 1. The minimum atomic E-state index is -1.07. The van der Waals surface area contributed by atoms with Crippen LogP contribution in [0.3, 0.4) is 0 Å². The van der Waals surface area contributed by atoms with Crippen LogP contribution < -0.4 is 5.32 Å². The molecule has 0 radical (unpaired) electrons. The fourth-order valence-corrected chi connectivity index (χ4v) is 2.04. The molecule has 1 saturated carbocycles. The van der Waals surface area contributed by atoms with Crippen LogP contribution in [0.4, 0.5) is 5.95 Å². The van der Waals surface area contributed by atoms with E-state index in [1.807, 2.05) is 0 Å². The summed E-state index contributed by atoms with van der Waals surface area (Å²) in [7, 11) is 0. The number of aliphatic hydroxyl groups is 1. The summed E-state index contributed by atoms with van der Waals surface area (Å²) in [6.45, 7) is 0.574. The maximum absolute atomic E-state index is 10.7. The number of nitrogens with one attached hydrogen (secondary N) is 1. The molecule has 2 rings (SSSR count). The summed E-state index contributed by atoms with van der Waals surface area (Å²) >= 11 is 0. The molecule has 1 aliphatic rings. The van der Waals surface area contributed by atoms with Gasteiger partial charge in [0.25, 0.3) is 0 Å². The molecular formula is C11H15N3O3. The number of aromatic nitrogens is 2. The monoisotopic (exact) mass is 237 g/mol. The van der Waals surface area contributed by atoms with Crippen LogP contribution in [-0.2, 0) is 0 Å². The number of aliphatic hydroxyl groups excluding tert-OH is 1. The van der Waals surface area contributed by atoms with E-state index in [1.165, 1.54) is 12.3 Å². The lowest BCUT2D eigenvalue weighted by molar-refractivity contribution is 0.0690. The summed E-state index contributed by atoms with van der Waals surface area (Å²) in [4.78, 5) is 18.5. The van der Waals surface area contributed by atoms with E-state index in [9.17, 15) is 9.90 Å². The lowest BCUT2D eigenvalue weighted by Crippen LogP contribution is -2.23. The smallest absolute Gasteiger partial charge is 0.354 e. The van der Waals surface area contributed by atoms with Gasteiger partial charge >= 0.3 is 5.97 Å². The van der Waals surface area contributed by atoms with Crippen molar-refractivity contribution in [2.45, 2.75) is 25.4 Å². The van der Waals surface area contributed by atoms with E-state index >= 15 is 0 Å². The molecule has 0 saturated heterocycles. The average Bonchev–Trinajstić information content (AvgIpc) is 2.72. The van der Waals surface area contributed by atoms with Gasteiger partial charge < -0.3 is 15.5 Å². The zero-order chi connectivity index (χ0) is 12.3. The molecular weight excluding hydrogens is 222 g/mol. The largest absolute Gasteiger partial charge is 0.477 e. The Hall–Kier alpha value is -1.69. The Kier molecular flexibility index (Phi) is 3.53. The fraction of sp³-hybridized carbons (Fsp3) is 0.545. The number of carboxylic acid groups (broad SMARTS) is 1. The molecule has 92 valence electrons. The van der Waals surface area contributed by atoms with Crippen LogP contribution in [0.5, 0.6) is 0 Å². The summed E-state index contributed by atoms with van der Waals surface area (Å²) in [5.41, 5.74) is -0.0329. The van der Waals surface area contributed by atoms with E-state index < -0.39 is 5.97 Å². The number of hydrogen-bond donors (Lipinski definition) is 3. The van der Waals surface area contributed by atoms with E-state index in [2.05, 4.69) is 15.3 Å². The van der Waals surface area contributed by atoms with Crippen molar-refractivity contribution in [1.29, 1.82) is 0 Å². The fourth-order valence-electron chi connectivity index (χ4n) is 2.04. The molecule has 1 heterocycles. The summed E-state index contributed by atoms with van der Waals surface area (Å²) < 4.78 is 0. The van der Waals surface area contributed by atoms with Crippen LogP contribution in [0.15, 0.2) is 12.3 Å². The average molecular weight is 237 g/mol. The van der Waals surface area contributed by atoms with Gasteiger partial charge in [-0.1, -0.05) is 6.42 Å². The third kappa shape index (κ3) is 2.91. The minimum Gasteiger partial charge on any atom is -0.477 e. The first-order valence-corrected chi connectivity index (χ1v) is 5.65. The third-order valence-corrected chi connectivity index (χ3v) is 3.02. The first kappa shape index (κ1) is 11.8. The van der Waals surface area contributed by atoms with Gasteiger partial charge in [-0.3, -0.25) is 0 Å². The SMILES string of the molecule is O=C(O)c1ccnc(NCC2CCCC2O)n1. The number of hydrogen-bond acceptors (Lipinski definition) is 5. The standard InChI is InChI=1S/C11H15N3O3/c15-9-3-1-2-7(9)6-13-11-12-5-4-8(14-11)10(16)17/h4-5,7,9,15H,1-3,6H2,(H,16,17)(H,12,13,14). The molecule has 2 unspecified atom stereocenters. The van der Waals surface area contributed by atoms with Gasteiger partial charge in [0, 0.05) is 18.7 Å². The highest BCUT2D eigenvalue weighted by Crippen LogP contribution is 2.25. The van der Waals surface area contributed by atoms with Gasteiger partial charge in [0.1, 0.15) is 0 Å². The van der Waals surface area contributed by atoms with Crippen molar-refractivity contribution in [2.75, 3.05) is 11.9 Å². The van der Waals surface area contributed by atoms with Gasteiger partial charge in [-0.15, -0.1) is 0 Å². The van der Waals surface area contributed by atoms with Crippen molar-refractivity contribution in [1.82, 2.24) is 9.97 Å². The van der Waals surface area contributed by atoms with E-state index in [1.54, 1.807) is 0 Å². The van der Waals surface area contributed by atoms with Crippen molar-refractivity contribution in [3.05, 3.63) is 18.0 Å². The second kappa shape index (κ2) is 5.09. The maximum atomic E-state index is 10.7. The Morgan fingerprint density at radius 2 is 2.35 bits per heavy atom. The number of nitrogens with zero attached hydrogens (tertiary/aromatic N) is 2. The van der Waals surface area contributed by atoms with Crippen LogP contribution in [0, 0.1) is 5.92 Å². The van der Waals surface area contributed by atoms with Crippen molar-refractivity contribution in [2.24, 2.45) is 5.92 Å². The summed E-state index contributed by atoms with van der Waals surface area (Å²) in [5.74, 6) is -0.576. The summed E-state index contributed by atoms with van der Waals surface area (Å²) in [6.07, 6.45) is 3.98. The van der Waals surface area contributed by atoms with Crippen molar-refractivity contribution >= 4 is 11.9 Å². The molecule has 2 atom stereocenters. The van der Waals surface area contributed by atoms with Gasteiger partial charge in [-0.05, 0) is 18.9 Å². The molecule has 3 N–H and O–H groups in total. The second-order valence-corrected chi connectivity index (χ2v) is 4.21. The zero-order valence-corrected chi connectivity index (χ0v) is 9.33. The first-order chi connectivity index (χ1) is 8.16. The Morgan fingerprint density at radius 3 is 3.00 bits per heavy atom. The number of rotatable bonds is 4. The predicted octanol–water partition coefficient (Wildman–Crippen LogP) is 0.748. The van der Waals surface area contributed by atoms with Gasteiger partial charge in [0.05, 0.1) is 6.10 Å². The highest BCUT2D eigenvalue weighted by molar-refractivity contribution is 5.85. The van der Waals surface area contributed by atoms with Crippen molar-refractivity contribution in [3.8, 4) is 0 Å². The van der Waals surface area contributed by atoms with Crippen LogP contribution in [0.1, 0.15) is 29.8 Å². The summed E-state index contributed by atoms with van der Waals surface area (Å²) in [5, 5.41) is 21.4. The molecule has 1 fully saturated rings. The van der Waals surface area contributed by atoms with Crippen molar-refractivity contribution < 1.29 is 15.0 Å². The molecule has 1 aromatic rings. The molecule has 1 aliphatic carbocycles. The van der Waals surface area contributed by atoms with Gasteiger partial charge in [0.15, 0.2) is 5.69 Å². The Bertz CT molecular complexity index is 411. The highest BCUT2D eigenvalue weighted by Gasteiger charge is 2.24. The zero-order valence-electron chi connectivity index (χ0n) is 9.33. The van der Waals surface area contributed by atoms with Crippen LogP contribution >= 0.6 is 0 Å². The molecule has 0 aromatic carbocycles. The molecule has 6 heteroatoms. The normalized spacial score (nSPS) is 23.6. The van der Waals surface area contributed by atoms with E-state index in [4.69, 9.17) is 5.11 Å². The molecule has 6 nitrogen and oxygen atoms in total. The number of carboxylic acids is 1. The van der Waals surface area contributed by atoms with Crippen LogP contribution in [-0.4, -0.2) is 38.8 Å². The molecule has 17 heavy (non-hydrogen) atoms. The Labute approximate surface area is 98.7 Å². The molecule has 0 spiro atoms. The lowest BCUT2D eigenvalue weighted by atomic mass is 10.1. The molecule has 1 aromatic heterocycles. The lowest BCUT2D eigenvalue weighted by Gasteiger charge is -2.14. The van der Waals surface area contributed by atoms with Gasteiger partial charge in [0.2, 0.25) is 5.95 Å². The number of carbonyl (C=O) groups is 1. The maximum Gasteiger partial charge on any atom is 0.354 e. The second-order valence-electron chi connectivity index (χ2n) is 4.21. The van der Waals surface area contributed by atoms with E-state index in [0.717, 1.165) is 19.3 Å². The van der Waals surface area contributed by atoms with E-state index in [0.29, 0.717) is 12.5 Å². The van der Waals surface area contributed by atoms with Crippen LogP contribution in [0.25, 0.3) is 0 Å². The number of aromatic carboxylic acids is 1. The highest BCUT2D eigenvalue weighted by atomic mass is 16.4. The van der Waals surface area contributed by atoms with Gasteiger partial charge in [-0.25, -0.2) is 14.8 Å². The third-order valence-electron chi connectivity index (χ3n) is 3.02. The molecule has 0 aliphatic heterocycles. The minimum absolute atomic E-state index is 0.0329. The summed E-state index contributed by atoms with van der Waals surface area (Å²) in [6, 6.07) is 1.35. The molecule has 0 bridgehead atoms. The van der Waals surface area contributed by atoms with E-state index in [-0.39, 0.29) is 17.7 Å². The molecule has 0 amide bonds. The van der Waals surface area contributed by atoms with Crippen molar-refractivity contribution in [3.63, 3.8) is 0 Å². The van der Waals surface area contributed by atoms with Gasteiger partial charge in [-0.2, -0.15) is 0 Å². The van der Waals surface area contributed by atoms with Crippen LogP contribution in [0.2, 0.25) is 0 Å². The topological polar surface area (TPSA) is 95.3 Å². The first-order valence-electron chi connectivity index (χ1n) is 5.65. The predicted molar refractivity (Wildman–Crippen MR) is 60.8 cm³/mol.